The summed E-state index contributed by atoms with van der Waals surface area (Å²) in [6.07, 6.45) is 2.54. The van der Waals surface area contributed by atoms with Gasteiger partial charge >= 0.3 is 0 Å². The summed E-state index contributed by atoms with van der Waals surface area (Å²) in [5.41, 5.74) is 1.11. The lowest BCUT2D eigenvalue weighted by molar-refractivity contribution is 0.0937. The minimum atomic E-state index is -0.344. The van der Waals surface area contributed by atoms with Crippen molar-refractivity contribution in [1.82, 2.24) is 15.2 Å². The van der Waals surface area contributed by atoms with Gasteiger partial charge in [-0.25, -0.2) is 0 Å². The van der Waals surface area contributed by atoms with Crippen LogP contribution in [0.4, 0.5) is 0 Å². The minimum Gasteiger partial charge on any atom is -0.495 e. The van der Waals surface area contributed by atoms with Crippen molar-refractivity contribution in [2.75, 3.05) is 20.2 Å². The molecule has 0 aliphatic carbocycles. The summed E-state index contributed by atoms with van der Waals surface area (Å²) in [5, 5.41) is 6.13. The molecule has 1 aromatic heterocycles. The van der Waals surface area contributed by atoms with E-state index in [9.17, 15) is 9.59 Å². The van der Waals surface area contributed by atoms with E-state index in [0.29, 0.717) is 17.0 Å². The maximum atomic E-state index is 12.9. The smallest absolute Gasteiger partial charge is 0.268 e. The van der Waals surface area contributed by atoms with E-state index < -0.39 is 0 Å². The summed E-state index contributed by atoms with van der Waals surface area (Å²) in [7, 11) is 1.55. The van der Waals surface area contributed by atoms with Crippen LogP contribution in [0, 0.1) is 6.92 Å². The lowest BCUT2D eigenvalue weighted by atomic mass is 10.1. The van der Waals surface area contributed by atoms with E-state index in [0.717, 1.165) is 19.5 Å². The molecule has 0 bridgehead atoms. The summed E-state index contributed by atoms with van der Waals surface area (Å²) in [5.74, 6) is 0.255. The number of nitrogens with one attached hydrogen (secondary N) is 2. The Labute approximate surface area is 140 Å². The molecule has 1 aliphatic rings. The van der Waals surface area contributed by atoms with Gasteiger partial charge in [0, 0.05) is 18.8 Å². The van der Waals surface area contributed by atoms with Gasteiger partial charge in [0.15, 0.2) is 0 Å². The number of methoxy groups -OCH3 is 1. The van der Waals surface area contributed by atoms with Crippen LogP contribution in [0.1, 0.15) is 22.3 Å². The average molecular weight is 327 g/mol. The normalized spacial score (nSPS) is 16.8. The standard InChI is InChI=1S/C18H21N3O3/c1-12-8-10-21(14-5-3-4-6-15(14)24-2)18(23)16(12)17(22)20-13-7-9-19-11-13/h3-6,8,10,13,19H,7,9,11H2,1-2H3,(H,20,22)/t13-/m0/s1. The topological polar surface area (TPSA) is 72.4 Å². The van der Waals surface area contributed by atoms with Crippen molar-refractivity contribution in [1.29, 1.82) is 0 Å². The number of aromatic nitrogens is 1. The number of hydrogen-bond donors (Lipinski definition) is 2. The first kappa shape index (κ1) is 16.3. The van der Waals surface area contributed by atoms with E-state index >= 15 is 0 Å². The minimum absolute atomic E-state index is 0.0659. The van der Waals surface area contributed by atoms with Crippen molar-refractivity contribution in [2.24, 2.45) is 0 Å². The highest BCUT2D eigenvalue weighted by atomic mass is 16.5. The fraction of sp³-hybridized carbons (Fsp3) is 0.333. The first-order valence-corrected chi connectivity index (χ1v) is 7.99. The molecule has 1 aromatic carbocycles. The first-order chi connectivity index (χ1) is 11.6. The van der Waals surface area contributed by atoms with E-state index in [-0.39, 0.29) is 23.1 Å². The van der Waals surface area contributed by atoms with Gasteiger partial charge in [-0.2, -0.15) is 0 Å². The highest BCUT2D eigenvalue weighted by Crippen LogP contribution is 2.21. The van der Waals surface area contributed by atoms with Gasteiger partial charge in [-0.15, -0.1) is 0 Å². The van der Waals surface area contributed by atoms with E-state index in [1.807, 2.05) is 12.1 Å². The molecule has 1 aliphatic heterocycles. The molecule has 0 radical (unpaired) electrons. The molecule has 6 heteroatoms. The Kier molecular flexibility index (Phi) is 4.66. The van der Waals surface area contributed by atoms with Crippen LogP contribution in [-0.2, 0) is 0 Å². The number of aryl methyl sites for hydroxylation is 1. The third kappa shape index (κ3) is 3.05. The Morgan fingerprint density at radius 3 is 2.83 bits per heavy atom. The van der Waals surface area contributed by atoms with Crippen LogP contribution < -0.4 is 20.9 Å². The number of rotatable bonds is 4. The molecule has 1 atom stereocenters. The van der Waals surface area contributed by atoms with Crippen LogP contribution in [0.2, 0.25) is 0 Å². The van der Waals surface area contributed by atoms with E-state index in [1.54, 1.807) is 38.4 Å². The molecule has 126 valence electrons. The average Bonchev–Trinajstić information content (AvgIpc) is 3.08. The maximum absolute atomic E-state index is 12.9. The molecule has 3 rings (SSSR count). The first-order valence-electron chi connectivity index (χ1n) is 7.99. The van der Waals surface area contributed by atoms with Gasteiger partial charge in [-0.05, 0) is 43.7 Å². The third-order valence-electron chi connectivity index (χ3n) is 4.27. The van der Waals surface area contributed by atoms with Crippen LogP contribution in [-0.4, -0.2) is 36.7 Å². The van der Waals surface area contributed by atoms with Gasteiger partial charge in [0.05, 0.1) is 12.8 Å². The van der Waals surface area contributed by atoms with Crippen molar-refractivity contribution in [3.8, 4) is 11.4 Å². The predicted octanol–water partition coefficient (Wildman–Crippen LogP) is 1.25. The van der Waals surface area contributed by atoms with Gasteiger partial charge in [-0.3, -0.25) is 14.2 Å². The number of nitrogens with zero attached hydrogens (tertiary/aromatic N) is 1. The summed E-state index contributed by atoms with van der Waals surface area (Å²) in [6, 6.07) is 9.08. The Morgan fingerprint density at radius 1 is 1.33 bits per heavy atom. The van der Waals surface area contributed by atoms with Gasteiger partial charge in [-0.1, -0.05) is 12.1 Å². The molecule has 1 fully saturated rings. The van der Waals surface area contributed by atoms with Gasteiger partial charge < -0.3 is 15.4 Å². The van der Waals surface area contributed by atoms with Gasteiger partial charge in [0.1, 0.15) is 11.3 Å². The SMILES string of the molecule is COc1ccccc1-n1ccc(C)c(C(=O)N[C@H]2CCNC2)c1=O. The summed E-state index contributed by atoms with van der Waals surface area (Å²) >= 11 is 0. The monoisotopic (exact) mass is 327 g/mol. The summed E-state index contributed by atoms with van der Waals surface area (Å²) < 4.78 is 6.78. The zero-order valence-corrected chi connectivity index (χ0v) is 13.8. The Balaban J connectivity index is 2.02. The molecule has 2 aromatic rings. The number of carbonyl (C=O) groups is 1. The number of para-hydroxylation sites is 2. The second-order valence-corrected chi connectivity index (χ2v) is 5.88. The van der Waals surface area contributed by atoms with Crippen LogP contribution in [0.3, 0.4) is 0 Å². The number of amides is 1. The molecular weight excluding hydrogens is 306 g/mol. The molecule has 24 heavy (non-hydrogen) atoms. The molecule has 2 heterocycles. The summed E-state index contributed by atoms with van der Waals surface area (Å²) in [6.45, 7) is 3.39. The predicted molar refractivity (Wildman–Crippen MR) is 92.1 cm³/mol. The van der Waals surface area contributed by atoms with Crippen LogP contribution in [0.5, 0.6) is 5.75 Å². The van der Waals surface area contributed by atoms with E-state index in [1.165, 1.54) is 4.57 Å². The van der Waals surface area contributed by atoms with Crippen molar-refractivity contribution in [2.45, 2.75) is 19.4 Å². The highest BCUT2D eigenvalue weighted by molar-refractivity contribution is 5.95. The lowest BCUT2D eigenvalue weighted by Gasteiger charge is -2.15. The van der Waals surface area contributed by atoms with Crippen molar-refractivity contribution >= 4 is 5.91 Å². The second-order valence-electron chi connectivity index (χ2n) is 5.88. The van der Waals surface area contributed by atoms with Gasteiger partial charge in [0.2, 0.25) is 0 Å². The lowest BCUT2D eigenvalue weighted by Crippen LogP contribution is -2.40. The number of benzene rings is 1. The van der Waals surface area contributed by atoms with Crippen molar-refractivity contribution < 1.29 is 9.53 Å². The van der Waals surface area contributed by atoms with Crippen LogP contribution >= 0.6 is 0 Å². The number of ether oxygens (including phenoxy) is 1. The van der Waals surface area contributed by atoms with Crippen LogP contribution in [0.15, 0.2) is 41.3 Å². The highest BCUT2D eigenvalue weighted by Gasteiger charge is 2.22. The zero-order chi connectivity index (χ0) is 17.1. The Hall–Kier alpha value is -2.60. The third-order valence-corrected chi connectivity index (χ3v) is 4.27. The van der Waals surface area contributed by atoms with Gasteiger partial charge in [0.25, 0.3) is 11.5 Å². The molecule has 2 N–H and O–H groups in total. The van der Waals surface area contributed by atoms with Crippen molar-refractivity contribution in [3.05, 3.63) is 58.0 Å². The number of hydrogen-bond acceptors (Lipinski definition) is 4. The van der Waals surface area contributed by atoms with E-state index in [4.69, 9.17) is 4.74 Å². The largest absolute Gasteiger partial charge is 0.495 e. The van der Waals surface area contributed by atoms with E-state index in [2.05, 4.69) is 10.6 Å². The summed E-state index contributed by atoms with van der Waals surface area (Å²) in [4.78, 5) is 25.5. The molecule has 0 spiro atoms. The van der Waals surface area contributed by atoms with Crippen molar-refractivity contribution in [3.63, 3.8) is 0 Å². The molecular formula is C18H21N3O3. The van der Waals surface area contributed by atoms with Crippen LogP contribution in [0.25, 0.3) is 5.69 Å². The number of carbonyl (C=O) groups excluding carboxylic acids is 1. The number of pyridine rings is 1. The fourth-order valence-electron chi connectivity index (χ4n) is 2.96. The molecule has 1 saturated heterocycles. The maximum Gasteiger partial charge on any atom is 0.268 e. The quantitative estimate of drug-likeness (QED) is 0.886. The Morgan fingerprint density at radius 2 is 2.12 bits per heavy atom. The second kappa shape index (κ2) is 6.88. The zero-order valence-electron chi connectivity index (χ0n) is 13.8. The molecule has 0 saturated carbocycles. The Bertz CT molecular complexity index is 807. The molecule has 0 unspecified atom stereocenters. The molecule has 6 nitrogen and oxygen atoms in total. The molecule has 1 amide bonds. The fourth-order valence-corrected chi connectivity index (χ4v) is 2.96.